The number of pyridine rings is 3. The van der Waals surface area contributed by atoms with Crippen LogP contribution in [0.4, 0.5) is 11.6 Å². The van der Waals surface area contributed by atoms with Crippen LogP contribution in [0.2, 0.25) is 0 Å². The molecule has 0 bridgehead atoms. The van der Waals surface area contributed by atoms with Crippen LogP contribution in [0.15, 0.2) is 36.8 Å². The fourth-order valence-corrected chi connectivity index (χ4v) is 3.00. The van der Waals surface area contributed by atoms with Crippen LogP contribution in [0.25, 0.3) is 22.0 Å². The molecule has 0 saturated heterocycles. The smallest absolute Gasteiger partial charge is 0.229 e. The van der Waals surface area contributed by atoms with Gasteiger partial charge in [0.1, 0.15) is 17.9 Å². The number of aldehydes is 1. The maximum absolute atomic E-state index is 12.1. The Bertz CT molecular complexity index is 1030. The quantitative estimate of drug-likeness (QED) is 0.701. The normalized spacial score (nSPS) is 18.5. The molecule has 3 heterocycles. The van der Waals surface area contributed by atoms with E-state index in [-0.39, 0.29) is 17.7 Å². The Morgan fingerprint density at radius 2 is 2.19 bits per heavy atom. The van der Waals surface area contributed by atoms with E-state index in [1.165, 1.54) is 0 Å². The monoisotopic (exact) mass is 347 g/mol. The van der Waals surface area contributed by atoms with Crippen LogP contribution in [-0.2, 0) is 9.59 Å². The fraction of sp³-hybridized carbons (Fsp3) is 0.211. The molecule has 3 aromatic heterocycles. The Morgan fingerprint density at radius 3 is 2.92 bits per heavy atom. The summed E-state index contributed by atoms with van der Waals surface area (Å²) >= 11 is 0. The Morgan fingerprint density at radius 1 is 1.35 bits per heavy atom. The molecule has 1 amide bonds. The first kappa shape index (κ1) is 16.1. The van der Waals surface area contributed by atoms with E-state index in [0.717, 1.165) is 22.8 Å². The number of carbonyl (C=O) groups excluding carboxylic acids is 2. The van der Waals surface area contributed by atoms with Gasteiger partial charge in [-0.15, -0.1) is 0 Å². The minimum Gasteiger partial charge on any atom is -0.383 e. The molecule has 26 heavy (non-hydrogen) atoms. The van der Waals surface area contributed by atoms with Crippen molar-refractivity contribution >= 4 is 34.6 Å². The number of aryl methyl sites for hydroxylation is 1. The lowest BCUT2D eigenvalue weighted by molar-refractivity contribution is -0.119. The molecule has 1 fully saturated rings. The second-order valence-electron chi connectivity index (χ2n) is 6.51. The first-order valence-electron chi connectivity index (χ1n) is 8.30. The SMILES string of the molecule is Cc1ccncc1-c1cc2cc(NC(=O)[C@@H]3C[C@H]3C=O)ncc2c(N)n1. The average Bonchev–Trinajstić information content (AvgIpc) is 3.42. The summed E-state index contributed by atoms with van der Waals surface area (Å²) in [7, 11) is 0. The molecule has 2 atom stereocenters. The highest BCUT2D eigenvalue weighted by Gasteiger charge is 2.42. The fourth-order valence-electron chi connectivity index (χ4n) is 3.00. The first-order chi connectivity index (χ1) is 12.6. The molecule has 0 radical (unpaired) electrons. The van der Waals surface area contributed by atoms with Crippen molar-refractivity contribution in [1.29, 1.82) is 0 Å². The van der Waals surface area contributed by atoms with Crippen molar-refractivity contribution < 1.29 is 9.59 Å². The number of aromatic nitrogens is 3. The maximum atomic E-state index is 12.1. The maximum Gasteiger partial charge on any atom is 0.229 e. The van der Waals surface area contributed by atoms with Gasteiger partial charge in [-0.25, -0.2) is 9.97 Å². The second kappa shape index (κ2) is 6.18. The molecule has 3 N–H and O–H groups in total. The third kappa shape index (κ3) is 2.88. The third-order valence-electron chi connectivity index (χ3n) is 4.66. The minimum absolute atomic E-state index is 0.171. The number of nitrogen functional groups attached to an aromatic ring is 1. The molecule has 0 aliphatic heterocycles. The number of nitrogens with zero attached hydrogens (tertiary/aromatic N) is 3. The van der Waals surface area contributed by atoms with E-state index in [2.05, 4.69) is 20.3 Å². The standard InChI is InChI=1S/C19H17N5O2/c1-10-2-3-21-7-14(10)16-5-11-6-17(22-8-15(11)18(20)23-16)24-19(26)13-4-12(13)9-25/h2-3,5-9,12-13H,4H2,1H3,(H2,20,23)(H,22,24,26)/t12-,13+/m0/s1. The van der Waals surface area contributed by atoms with Crippen LogP contribution in [0.5, 0.6) is 0 Å². The highest BCUT2D eigenvalue weighted by Crippen LogP contribution is 2.37. The van der Waals surface area contributed by atoms with Gasteiger partial charge in [-0.2, -0.15) is 0 Å². The van der Waals surface area contributed by atoms with Gasteiger partial charge >= 0.3 is 0 Å². The van der Waals surface area contributed by atoms with Crippen LogP contribution >= 0.6 is 0 Å². The van der Waals surface area contributed by atoms with Gasteiger partial charge in [0.05, 0.1) is 5.69 Å². The number of nitrogens with one attached hydrogen (secondary N) is 1. The molecule has 7 heteroatoms. The largest absolute Gasteiger partial charge is 0.383 e. The van der Waals surface area contributed by atoms with Crippen molar-refractivity contribution in [1.82, 2.24) is 15.0 Å². The summed E-state index contributed by atoms with van der Waals surface area (Å²) in [5.74, 6) is 0.198. The van der Waals surface area contributed by atoms with E-state index < -0.39 is 0 Å². The van der Waals surface area contributed by atoms with Crippen LogP contribution in [0, 0.1) is 18.8 Å². The van der Waals surface area contributed by atoms with Crippen molar-refractivity contribution in [3.8, 4) is 11.3 Å². The number of amides is 1. The highest BCUT2D eigenvalue weighted by molar-refractivity contribution is 5.99. The number of nitrogens with two attached hydrogens (primary N) is 1. The predicted molar refractivity (Wildman–Crippen MR) is 98.2 cm³/mol. The Hall–Kier alpha value is -3.35. The van der Waals surface area contributed by atoms with Gasteiger partial charge in [0.2, 0.25) is 5.91 Å². The summed E-state index contributed by atoms with van der Waals surface area (Å²) in [4.78, 5) is 35.7. The third-order valence-corrected chi connectivity index (χ3v) is 4.66. The van der Waals surface area contributed by atoms with Gasteiger partial charge in [-0.3, -0.25) is 9.78 Å². The number of fused-ring (bicyclic) bond motifs is 1. The summed E-state index contributed by atoms with van der Waals surface area (Å²) in [6.07, 6.45) is 6.50. The van der Waals surface area contributed by atoms with Gasteiger partial charge in [0.25, 0.3) is 0 Å². The van der Waals surface area contributed by atoms with Gasteiger partial charge in [0, 0.05) is 41.4 Å². The van der Waals surface area contributed by atoms with Crippen LogP contribution in [0.1, 0.15) is 12.0 Å². The molecule has 1 aliphatic rings. The molecule has 3 aromatic rings. The van der Waals surface area contributed by atoms with E-state index in [1.54, 1.807) is 24.7 Å². The summed E-state index contributed by atoms with van der Waals surface area (Å²) in [5, 5.41) is 4.30. The number of anilines is 2. The van der Waals surface area contributed by atoms with Gasteiger partial charge in [-0.05, 0) is 42.5 Å². The molecule has 130 valence electrons. The summed E-state index contributed by atoms with van der Waals surface area (Å²) in [6, 6.07) is 5.58. The Balaban J connectivity index is 1.69. The zero-order valence-electron chi connectivity index (χ0n) is 14.1. The molecule has 0 aromatic carbocycles. The van der Waals surface area contributed by atoms with Crippen LogP contribution in [0.3, 0.4) is 0 Å². The van der Waals surface area contributed by atoms with Gasteiger partial charge in [-0.1, -0.05) is 0 Å². The van der Waals surface area contributed by atoms with E-state index in [1.807, 2.05) is 19.1 Å². The summed E-state index contributed by atoms with van der Waals surface area (Å²) < 4.78 is 0. The van der Waals surface area contributed by atoms with Crippen molar-refractivity contribution in [3.63, 3.8) is 0 Å². The van der Waals surface area contributed by atoms with E-state index in [9.17, 15) is 9.59 Å². The van der Waals surface area contributed by atoms with E-state index in [4.69, 9.17) is 5.73 Å². The molecule has 1 aliphatic carbocycles. The molecular weight excluding hydrogens is 330 g/mol. The van der Waals surface area contributed by atoms with Crippen molar-refractivity contribution in [3.05, 3.63) is 42.4 Å². The van der Waals surface area contributed by atoms with E-state index in [0.29, 0.717) is 29.1 Å². The average molecular weight is 347 g/mol. The zero-order chi connectivity index (χ0) is 18.3. The highest BCUT2D eigenvalue weighted by atomic mass is 16.2. The predicted octanol–water partition coefficient (Wildman–Crippen LogP) is 2.36. The van der Waals surface area contributed by atoms with Gasteiger partial charge < -0.3 is 15.8 Å². The lowest BCUT2D eigenvalue weighted by Crippen LogP contribution is -2.15. The topological polar surface area (TPSA) is 111 Å². The minimum atomic E-state index is -0.249. The van der Waals surface area contributed by atoms with Crippen LogP contribution < -0.4 is 11.1 Å². The number of rotatable bonds is 4. The van der Waals surface area contributed by atoms with Crippen molar-refractivity contribution in [2.24, 2.45) is 11.8 Å². The number of hydrogen-bond donors (Lipinski definition) is 2. The zero-order valence-corrected chi connectivity index (χ0v) is 14.1. The lowest BCUT2D eigenvalue weighted by Gasteiger charge is -2.10. The van der Waals surface area contributed by atoms with Crippen molar-refractivity contribution in [2.75, 3.05) is 11.1 Å². The van der Waals surface area contributed by atoms with Crippen molar-refractivity contribution in [2.45, 2.75) is 13.3 Å². The van der Waals surface area contributed by atoms with Gasteiger partial charge in [0.15, 0.2) is 0 Å². The summed E-state index contributed by atoms with van der Waals surface area (Å²) in [5.41, 5.74) is 8.75. The molecule has 0 unspecified atom stereocenters. The van der Waals surface area contributed by atoms with E-state index >= 15 is 0 Å². The number of carbonyl (C=O) groups is 2. The van der Waals surface area contributed by atoms with Crippen LogP contribution in [-0.4, -0.2) is 27.1 Å². The molecule has 0 spiro atoms. The molecular formula is C19H17N5O2. The molecule has 1 saturated carbocycles. The lowest BCUT2D eigenvalue weighted by atomic mass is 10.1. The molecule has 4 rings (SSSR count). The molecule has 7 nitrogen and oxygen atoms in total. The number of hydrogen-bond acceptors (Lipinski definition) is 6. The Kier molecular flexibility index (Phi) is 3.84. The summed E-state index contributed by atoms with van der Waals surface area (Å²) in [6.45, 7) is 1.98. The second-order valence-corrected chi connectivity index (χ2v) is 6.51. The Labute approximate surface area is 149 Å². The first-order valence-corrected chi connectivity index (χ1v) is 8.30.